The van der Waals surface area contributed by atoms with Gasteiger partial charge in [-0.3, -0.25) is 14.6 Å². The maximum Gasteiger partial charge on any atom is 0.251 e. The molecule has 1 atom stereocenters. The van der Waals surface area contributed by atoms with Gasteiger partial charge in [0.05, 0.1) is 18.2 Å². The summed E-state index contributed by atoms with van der Waals surface area (Å²) in [5.74, 6) is 0.407. The van der Waals surface area contributed by atoms with Crippen LogP contribution in [-0.4, -0.2) is 20.9 Å². The van der Waals surface area contributed by atoms with Crippen molar-refractivity contribution in [1.29, 1.82) is 0 Å². The van der Waals surface area contributed by atoms with Gasteiger partial charge in [-0.1, -0.05) is 38.1 Å². The molecule has 0 spiro atoms. The minimum atomic E-state index is -0.366. The lowest BCUT2D eigenvalue weighted by atomic mass is 9.99. The normalized spacial score (nSPS) is 12.0. The van der Waals surface area contributed by atoms with Gasteiger partial charge in [0.1, 0.15) is 5.82 Å². The monoisotopic (exact) mass is 376 g/mol. The molecule has 0 aliphatic rings. The fourth-order valence-corrected chi connectivity index (χ4v) is 3.06. The minimum Gasteiger partial charge on any atom is -0.347 e. The number of carbonyl (C=O) groups is 1. The fraction of sp³-hybridized carbons (Fsp3) is 0.273. The highest BCUT2D eigenvalue weighted by atomic mass is 16.1. The number of aromatic amines is 1. The molecule has 144 valence electrons. The average molecular weight is 376 g/mol. The number of amides is 1. The molecule has 1 amide bonds. The number of H-pyrrole nitrogens is 1. The highest BCUT2D eigenvalue weighted by Crippen LogP contribution is 2.21. The van der Waals surface area contributed by atoms with E-state index in [0.717, 1.165) is 16.7 Å². The minimum absolute atomic E-state index is 0.0665. The Morgan fingerprint density at radius 2 is 1.96 bits per heavy atom. The molecule has 0 saturated heterocycles. The summed E-state index contributed by atoms with van der Waals surface area (Å²) in [6.45, 7) is 5.97. The first-order valence-corrected chi connectivity index (χ1v) is 9.29. The summed E-state index contributed by atoms with van der Waals surface area (Å²) in [7, 11) is 0. The van der Waals surface area contributed by atoms with Gasteiger partial charge in [0, 0.05) is 24.0 Å². The molecule has 2 N–H and O–H groups in total. The standard InChI is InChI=1S/C22H24N4O2/c1-14(2)21(25-19(27)11-16-8-5-4-7-15(16)3)18-12-20(28)26-22(24-18)17-9-6-10-23-13-17/h4-10,12-14,21H,11H2,1-3H3,(H,25,27)(H,24,26,28). The van der Waals surface area contributed by atoms with Crippen LogP contribution in [0, 0.1) is 12.8 Å². The maximum atomic E-state index is 12.7. The SMILES string of the molecule is Cc1ccccc1CC(=O)NC(c1cc(=O)[nH]c(-c2cccnc2)n1)C(C)C. The summed E-state index contributed by atoms with van der Waals surface area (Å²) >= 11 is 0. The van der Waals surface area contributed by atoms with E-state index in [9.17, 15) is 9.59 Å². The number of nitrogens with zero attached hydrogens (tertiary/aromatic N) is 2. The molecule has 0 radical (unpaired) electrons. The van der Waals surface area contributed by atoms with Crippen molar-refractivity contribution in [3.8, 4) is 11.4 Å². The zero-order valence-corrected chi connectivity index (χ0v) is 16.3. The first-order valence-electron chi connectivity index (χ1n) is 9.29. The van der Waals surface area contributed by atoms with Crippen LogP contribution in [0.25, 0.3) is 11.4 Å². The summed E-state index contributed by atoms with van der Waals surface area (Å²) in [5, 5.41) is 3.04. The molecule has 0 fully saturated rings. The Labute approximate surface area is 164 Å². The second-order valence-corrected chi connectivity index (χ2v) is 7.15. The van der Waals surface area contributed by atoms with E-state index in [2.05, 4.69) is 20.3 Å². The van der Waals surface area contributed by atoms with Crippen LogP contribution in [0.5, 0.6) is 0 Å². The Morgan fingerprint density at radius 3 is 2.64 bits per heavy atom. The summed E-state index contributed by atoms with van der Waals surface area (Å²) in [4.78, 5) is 36.3. The maximum absolute atomic E-state index is 12.7. The van der Waals surface area contributed by atoms with Gasteiger partial charge in [0.25, 0.3) is 5.56 Å². The van der Waals surface area contributed by atoms with Crippen molar-refractivity contribution in [1.82, 2.24) is 20.3 Å². The first kappa shape index (κ1) is 19.5. The van der Waals surface area contributed by atoms with Crippen LogP contribution in [0.4, 0.5) is 0 Å². The highest BCUT2D eigenvalue weighted by molar-refractivity contribution is 5.79. The number of nitrogens with one attached hydrogen (secondary N) is 2. The van der Waals surface area contributed by atoms with E-state index >= 15 is 0 Å². The molecule has 6 nitrogen and oxygen atoms in total. The van der Waals surface area contributed by atoms with E-state index in [1.165, 1.54) is 6.07 Å². The van der Waals surface area contributed by atoms with Crippen molar-refractivity contribution in [2.24, 2.45) is 5.92 Å². The molecule has 6 heteroatoms. The predicted molar refractivity (Wildman–Crippen MR) is 109 cm³/mol. The molecule has 1 unspecified atom stereocenters. The molecule has 0 bridgehead atoms. The molecule has 0 saturated carbocycles. The second kappa shape index (κ2) is 8.61. The molecule has 28 heavy (non-hydrogen) atoms. The Balaban J connectivity index is 1.86. The van der Waals surface area contributed by atoms with Crippen LogP contribution in [-0.2, 0) is 11.2 Å². The quantitative estimate of drug-likeness (QED) is 0.692. The average Bonchev–Trinajstić information content (AvgIpc) is 2.68. The Hall–Kier alpha value is -3.28. The fourth-order valence-electron chi connectivity index (χ4n) is 3.06. The third-order valence-corrected chi connectivity index (χ3v) is 4.61. The van der Waals surface area contributed by atoms with E-state index in [0.29, 0.717) is 11.5 Å². The van der Waals surface area contributed by atoms with Crippen LogP contribution < -0.4 is 10.9 Å². The number of hydrogen-bond donors (Lipinski definition) is 2. The van der Waals surface area contributed by atoms with Crippen LogP contribution in [0.2, 0.25) is 0 Å². The van der Waals surface area contributed by atoms with Crippen LogP contribution >= 0.6 is 0 Å². The highest BCUT2D eigenvalue weighted by Gasteiger charge is 2.21. The molecular weight excluding hydrogens is 352 g/mol. The van der Waals surface area contributed by atoms with Gasteiger partial charge in [-0.15, -0.1) is 0 Å². The molecule has 0 aliphatic heterocycles. The Morgan fingerprint density at radius 1 is 1.18 bits per heavy atom. The van der Waals surface area contributed by atoms with Crippen molar-refractivity contribution < 1.29 is 4.79 Å². The number of aromatic nitrogens is 3. The number of rotatable bonds is 6. The van der Waals surface area contributed by atoms with E-state index in [1.54, 1.807) is 18.5 Å². The largest absolute Gasteiger partial charge is 0.347 e. The van der Waals surface area contributed by atoms with Gasteiger partial charge >= 0.3 is 0 Å². The van der Waals surface area contributed by atoms with Crippen LogP contribution in [0.3, 0.4) is 0 Å². The molecule has 0 aliphatic carbocycles. The number of hydrogen-bond acceptors (Lipinski definition) is 4. The topological polar surface area (TPSA) is 87.7 Å². The van der Waals surface area contributed by atoms with Gasteiger partial charge in [-0.25, -0.2) is 4.98 Å². The number of benzene rings is 1. The second-order valence-electron chi connectivity index (χ2n) is 7.15. The number of aryl methyl sites for hydroxylation is 1. The number of carbonyl (C=O) groups excluding carboxylic acids is 1. The molecular formula is C22H24N4O2. The third-order valence-electron chi connectivity index (χ3n) is 4.61. The smallest absolute Gasteiger partial charge is 0.251 e. The summed E-state index contributed by atoms with van der Waals surface area (Å²) in [6.07, 6.45) is 3.59. The molecule has 3 aromatic rings. The van der Waals surface area contributed by atoms with Crippen molar-refractivity contribution in [3.05, 3.63) is 82.0 Å². The van der Waals surface area contributed by atoms with E-state index in [1.807, 2.05) is 51.1 Å². The van der Waals surface area contributed by atoms with Gasteiger partial charge in [0.2, 0.25) is 5.91 Å². The van der Waals surface area contributed by atoms with Gasteiger partial charge in [0.15, 0.2) is 0 Å². The van der Waals surface area contributed by atoms with E-state index < -0.39 is 0 Å². The molecule has 3 rings (SSSR count). The van der Waals surface area contributed by atoms with Gasteiger partial charge in [-0.2, -0.15) is 0 Å². The summed E-state index contributed by atoms with van der Waals surface area (Å²) in [5.41, 5.74) is 3.05. The van der Waals surface area contributed by atoms with Gasteiger partial charge in [-0.05, 0) is 36.1 Å². The molecule has 1 aromatic carbocycles. The first-order chi connectivity index (χ1) is 13.4. The number of pyridine rings is 1. The van der Waals surface area contributed by atoms with Gasteiger partial charge < -0.3 is 10.3 Å². The Kier molecular flexibility index (Phi) is 5.99. The third kappa shape index (κ3) is 4.71. The lowest BCUT2D eigenvalue weighted by Crippen LogP contribution is -2.34. The van der Waals surface area contributed by atoms with Crippen molar-refractivity contribution in [3.63, 3.8) is 0 Å². The zero-order valence-electron chi connectivity index (χ0n) is 16.3. The van der Waals surface area contributed by atoms with E-state index in [-0.39, 0.29) is 29.8 Å². The molecule has 2 heterocycles. The Bertz CT molecular complexity index is 1010. The van der Waals surface area contributed by atoms with Crippen molar-refractivity contribution in [2.45, 2.75) is 33.2 Å². The predicted octanol–water partition coefficient (Wildman–Crippen LogP) is 3.20. The van der Waals surface area contributed by atoms with E-state index in [4.69, 9.17) is 0 Å². The lowest BCUT2D eigenvalue weighted by Gasteiger charge is -2.22. The lowest BCUT2D eigenvalue weighted by molar-refractivity contribution is -0.121. The van der Waals surface area contributed by atoms with Crippen LogP contribution in [0.15, 0.2) is 59.7 Å². The zero-order chi connectivity index (χ0) is 20.1. The molecule has 2 aromatic heterocycles. The van der Waals surface area contributed by atoms with Crippen molar-refractivity contribution in [2.75, 3.05) is 0 Å². The summed E-state index contributed by atoms with van der Waals surface area (Å²) in [6, 6.07) is 12.5. The van der Waals surface area contributed by atoms with Crippen molar-refractivity contribution >= 4 is 5.91 Å². The van der Waals surface area contributed by atoms with Crippen LogP contribution in [0.1, 0.15) is 36.7 Å². The summed E-state index contributed by atoms with van der Waals surface area (Å²) < 4.78 is 0.